The summed E-state index contributed by atoms with van der Waals surface area (Å²) in [5, 5.41) is 2.74. The van der Waals surface area contributed by atoms with Crippen LogP contribution in [0.3, 0.4) is 0 Å². The van der Waals surface area contributed by atoms with Gasteiger partial charge in [0.15, 0.2) is 16.4 Å². The molecule has 2 amide bonds. The SMILES string of the molecule is Cc1cccc(C(=O)Nc2ccccc2C(=O)OCC(=O)N(C2CCCC2)C2CCS(=O)(=O)C2)c1. The minimum Gasteiger partial charge on any atom is -0.452 e. The van der Waals surface area contributed by atoms with Crippen molar-refractivity contribution in [1.82, 2.24) is 4.90 Å². The lowest BCUT2D eigenvalue weighted by atomic mass is 10.1. The van der Waals surface area contributed by atoms with Crippen LogP contribution in [0.25, 0.3) is 0 Å². The van der Waals surface area contributed by atoms with Gasteiger partial charge in [0.2, 0.25) is 0 Å². The van der Waals surface area contributed by atoms with E-state index in [1.165, 1.54) is 6.07 Å². The first kappa shape index (κ1) is 24.9. The number of esters is 1. The minimum atomic E-state index is -3.16. The molecule has 186 valence electrons. The van der Waals surface area contributed by atoms with Crippen LogP contribution < -0.4 is 5.32 Å². The number of para-hydroxylation sites is 1. The first-order valence-corrected chi connectivity index (χ1v) is 13.7. The molecule has 0 bridgehead atoms. The normalized spacial score (nSPS) is 19.3. The first-order valence-electron chi connectivity index (χ1n) is 11.9. The van der Waals surface area contributed by atoms with Gasteiger partial charge in [0.05, 0.1) is 22.8 Å². The number of benzene rings is 2. The second-order valence-electron chi connectivity index (χ2n) is 9.24. The Labute approximate surface area is 205 Å². The Hall–Kier alpha value is -3.20. The largest absolute Gasteiger partial charge is 0.452 e. The highest BCUT2D eigenvalue weighted by atomic mass is 32.2. The molecular weight excluding hydrogens is 468 g/mol. The van der Waals surface area contributed by atoms with Crippen LogP contribution in [0.5, 0.6) is 0 Å². The fraction of sp³-hybridized carbons (Fsp3) is 0.423. The summed E-state index contributed by atoms with van der Waals surface area (Å²) in [6, 6.07) is 13.1. The van der Waals surface area contributed by atoms with Gasteiger partial charge >= 0.3 is 5.97 Å². The zero-order chi connectivity index (χ0) is 25.0. The Kier molecular flexibility index (Phi) is 7.54. The molecule has 1 unspecified atom stereocenters. The predicted octanol–water partition coefficient (Wildman–Crippen LogP) is 3.36. The van der Waals surface area contributed by atoms with E-state index in [0.29, 0.717) is 12.0 Å². The molecule has 1 saturated heterocycles. The highest BCUT2D eigenvalue weighted by molar-refractivity contribution is 7.91. The molecule has 2 aromatic carbocycles. The van der Waals surface area contributed by atoms with Crippen LogP contribution in [0.1, 0.15) is 58.4 Å². The Balaban J connectivity index is 1.44. The summed E-state index contributed by atoms with van der Waals surface area (Å²) in [5.74, 6) is -1.45. The van der Waals surface area contributed by atoms with Crippen molar-refractivity contribution in [3.05, 3.63) is 65.2 Å². The van der Waals surface area contributed by atoms with Gasteiger partial charge in [-0.2, -0.15) is 0 Å². The molecule has 2 fully saturated rings. The highest BCUT2D eigenvalue weighted by Crippen LogP contribution is 2.29. The van der Waals surface area contributed by atoms with Crippen molar-refractivity contribution < 1.29 is 27.5 Å². The Bertz CT molecular complexity index is 1220. The second kappa shape index (κ2) is 10.6. The molecule has 1 saturated carbocycles. The molecule has 1 N–H and O–H groups in total. The Morgan fingerprint density at radius 1 is 1.00 bits per heavy atom. The van der Waals surface area contributed by atoms with Gasteiger partial charge in [0.25, 0.3) is 11.8 Å². The fourth-order valence-electron chi connectivity index (χ4n) is 4.91. The molecule has 4 rings (SSSR count). The summed E-state index contributed by atoms with van der Waals surface area (Å²) in [7, 11) is -3.16. The number of amides is 2. The lowest BCUT2D eigenvalue weighted by Gasteiger charge is -2.33. The van der Waals surface area contributed by atoms with E-state index in [2.05, 4.69) is 5.32 Å². The number of nitrogens with zero attached hydrogens (tertiary/aromatic N) is 1. The molecule has 1 aliphatic heterocycles. The van der Waals surface area contributed by atoms with Crippen LogP contribution in [-0.2, 0) is 19.4 Å². The van der Waals surface area contributed by atoms with E-state index in [0.717, 1.165) is 31.2 Å². The highest BCUT2D eigenvalue weighted by Gasteiger charge is 2.39. The molecule has 0 radical (unpaired) electrons. The number of hydrogen-bond acceptors (Lipinski definition) is 6. The second-order valence-corrected chi connectivity index (χ2v) is 11.5. The molecule has 1 aliphatic carbocycles. The van der Waals surface area contributed by atoms with Gasteiger partial charge in [-0.25, -0.2) is 13.2 Å². The van der Waals surface area contributed by atoms with Crippen molar-refractivity contribution in [2.45, 2.75) is 51.1 Å². The maximum absolute atomic E-state index is 13.1. The molecule has 2 aliphatic rings. The van der Waals surface area contributed by atoms with Crippen molar-refractivity contribution in [1.29, 1.82) is 0 Å². The summed E-state index contributed by atoms with van der Waals surface area (Å²) < 4.78 is 29.4. The zero-order valence-electron chi connectivity index (χ0n) is 19.7. The number of nitrogens with one attached hydrogen (secondary N) is 1. The molecule has 35 heavy (non-hydrogen) atoms. The number of rotatable bonds is 7. The maximum atomic E-state index is 13.1. The monoisotopic (exact) mass is 498 g/mol. The van der Waals surface area contributed by atoms with E-state index in [1.54, 1.807) is 41.3 Å². The topological polar surface area (TPSA) is 110 Å². The van der Waals surface area contributed by atoms with Crippen molar-refractivity contribution in [2.75, 3.05) is 23.4 Å². The van der Waals surface area contributed by atoms with Gasteiger partial charge in [-0.1, -0.05) is 42.7 Å². The lowest BCUT2D eigenvalue weighted by molar-refractivity contribution is -0.139. The number of carbonyl (C=O) groups is 3. The van der Waals surface area contributed by atoms with E-state index < -0.39 is 22.4 Å². The van der Waals surface area contributed by atoms with E-state index in [1.807, 2.05) is 13.0 Å². The summed E-state index contributed by atoms with van der Waals surface area (Å²) in [4.78, 5) is 40.3. The molecule has 1 atom stereocenters. The Morgan fingerprint density at radius 2 is 1.74 bits per heavy atom. The number of anilines is 1. The van der Waals surface area contributed by atoms with Gasteiger partial charge in [-0.3, -0.25) is 9.59 Å². The summed E-state index contributed by atoms with van der Waals surface area (Å²) in [5.41, 5.74) is 1.82. The van der Waals surface area contributed by atoms with E-state index in [9.17, 15) is 22.8 Å². The molecule has 0 aromatic heterocycles. The van der Waals surface area contributed by atoms with Crippen LogP contribution in [0, 0.1) is 6.92 Å². The molecule has 9 heteroatoms. The maximum Gasteiger partial charge on any atom is 0.340 e. The van der Waals surface area contributed by atoms with Crippen LogP contribution in [0.15, 0.2) is 48.5 Å². The van der Waals surface area contributed by atoms with Gasteiger partial charge in [0.1, 0.15) is 0 Å². The average molecular weight is 499 g/mol. The van der Waals surface area contributed by atoms with Crippen molar-refractivity contribution in [3.8, 4) is 0 Å². The third-order valence-electron chi connectivity index (χ3n) is 6.61. The number of carbonyl (C=O) groups excluding carboxylic acids is 3. The standard InChI is InChI=1S/C26H30N2O6S/c1-18-7-6-8-19(15-18)25(30)27-23-12-5-4-11-22(23)26(31)34-16-24(29)28(20-9-2-3-10-20)21-13-14-35(32,33)17-21/h4-8,11-12,15,20-21H,2-3,9-10,13-14,16-17H2,1H3,(H,27,30). The summed E-state index contributed by atoms with van der Waals surface area (Å²) in [6.07, 6.45) is 4.03. The predicted molar refractivity (Wildman–Crippen MR) is 132 cm³/mol. The van der Waals surface area contributed by atoms with E-state index in [-0.39, 0.29) is 46.7 Å². The summed E-state index contributed by atoms with van der Waals surface area (Å²) in [6.45, 7) is 1.40. The van der Waals surface area contributed by atoms with E-state index >= 15 is 0 Å². The number of ether oxygens (including phenoxy) is 1. The van der Waals surface area contributed by atoms with Crippen LogP contribution >= 0.6 is 0 Å². The van der Waals surface area contributed by atoms with Crippen molar-refractivity contribution >= 4 is 33.3 Å². The van der Waals surface area contributed by atoms with Crippen molar-refractivity contribution in [2.24, 2.45) is 0 Å². The van der Waals surface area contributed by atoms with Gasteiger partial charge in [0, 0.05) is 17.6 Å². The van der Waals surface area contributed by atoms with Crippen LogP contribution in [0.2, 0.25) is 0 Å². The molecule has 1 heterocycles. The lowest BCUT2D eigenvalue weighted by Crippen LogP contribution is -2.48. The summed E-state index contributed by atoms with van der Waals surface area (Å²) >= 11 is 0. The minimum absolute atomic E-state index is 0.0274. The third-order valence-corrected chi connectivity index (χ3v) is 8.36. The van der Waals surface area contributed by atoms with Gasteiger partial charge in [-0.05, 0) is 50.5 Å². The number of sulfone groups is 1. The quantitative estimate of drug-likeness (QED) is 0.586. The average Bonchev–Trinajstić information content (AvgIpc) is 3.48. The molecule has 0 spiro atoms. The third kappa shape index (κ3) is 6.08. The Morgan fingerprint density at radius 3 is 2.43 bits per heavy atom. The van der Waals surface area contributed by atoms with Crippen molar-refractivity contribution in [3.63, 3.8) is 0 Å². The molecule has 8 nitrogen and oxygen atoms in total. The van der Waals surface area contributed by atoms with Gasteiger partial charge in [-0.15, -0.1) is 0 Å². The molecule has 2 aromatic rings. The van der Waals surface area contributed by atoms with Gasteiger partial charge < -0.3 is 15.0 Å². The molecular formula is C26H30N2O6S. The zero-order valence-corrected chi connectivity index (χ0v) is 20.6. The number of aryl methyl sites for hydroxylation is 1. The smallest absolute Gasteiger partial charge is 0.340 e. The van der Waals surface area contributed by atoms with Crippen LogP contribution in [0.4, 0.5) is 5.69 Å². The van der Waals surface area contributed by atoms with E-state index in [4.69, 9.17) is 4.74 Å². The number of hydrogen-bond donors (Lipinski definition) is 1. The first-order chi connectivity index (χ1) is 16.7. The van der Waals surface area contributed by atoms with Crippen LogP contribution in [-0.4, -0.2) is 61.3 Å². The fourth-order valence-corrected chi connectivity index (χ4v) is 6.62.